The van der Waals surface area contributed by atoms with E-state index in [2.05, 4.69) is 20.3 Å². The van der Waals surface area contributed by atoms with Gasteiger partial charge in [-0.15, -0.1) is 0 Å². The van der Waals surface area contributed by atoms with Gasteiger partial charge in [0.05, 0.1) is 23.6 Å². The Balaban J connectivity index is 2.09. The molecule has 3 aromatic rings. The minimum atomic E-state index is -4.69. The number of hydrogen-bond acceptors (Lipinski definition) is 5. The third-order valence-electron chi connectivity index (χ3n) is 3.72. The van der Waals surface area contributed by atoms with Crippen LogP contribution in [-0.4, -0.2) is 40.0 Å². The van der Waals surface area contributed by atoms with Crippen LogP contribution in [0.25, 0.3) is 11.2 Å². The number of nitrogens with zero attached hydrogens (tertiary/aromatic N) is 5. The second-order valence-electron chi connectivity index (χ2n) is 5.88. The molecule has 0 aliphatic heterocycles. The lowest BCUT2D eigenvalue weighted by Crippen LogP contribution is -2.18. The molecular formula is C16H14ClF3N6O. The van der Waals surface area contributed by atoms with Crippen LogP contribution in [0.2, 0.25) is 5.02 Å². The van der Waals surface area contributed by atoms with Gasteiger partial charge in [0.1, 0.15) is 0 Å². The summed E-state index contributed by atoms with van der Waals surface area (Å²) in [5, 5.41) is 2.81. The van der Waals surface area contributed by atoms with E-state index in [0.717, 1.165) is 0 Å². The van der Waals surface area contributed by atoms with Crippen LogP contribution in [0.15, 0.2) is 24.5 Å². The molecule has 0 fully saturated rings. The van der Waals surface area contributed by atoms with Crippen molar-refractivity contribution in [3.05, 3.63) is 40.9 Å². The number of amides is 1. The second kappa shape index (κ2) is 7.03. The molecule has 0 bridgehead atoms. The Kier molecular flexibility index (Phi) is 4.92. The van der Waals surface area contributed by atoms with Crippen molar-refractivity contribution in [2.75, 3.05) is 24.3 Å². The van der Waals surface area contributed by atoms with E-state index in [9.17, 15) is 18.0 Å². The van der Waals surface area contributed by atoms with Crippen LogP contribution < -0.4 is 10.2 Å². The van der Waals surface area contributed by atoms with Crippen molar-refractivity contribution >= 4 is 40.7 Å². The summed E-state index contributed by atoms with van der Waals surface area (Å²) in [6.07, 6.45) is -2.80. The monoisotopic (exact) mass is 398 g/mol. The lowest BCUT2D eigenvalue weighted by molar-refractivity contribution is -0.144. The van der Waals surface area contributed by atoms with Gasteiger partial charge in [-0.05, 0) is 17.7 Å². The molecular weight excluding hydrogens is 385 g/mol. The zero-order chi connectivity index (χ0) is 19.8. The van der Waals surface area contributed by atoms with Gasteiger partial charge in [-0.3, -0.25) is 4.79 Å². The number of nitrogens with one attached hydrogen (secondary N) is 1. The molecule has 142 valence electrons. The summed E-state index contributed by atoms with van der Waals surface area (Å²) < 4.78 is 41.0. The van der Waals surface area contributed by atoms with Gasteiger partial charge in [-0.1, -0.05) is 17.7 Å². The van der Waals surface area contributed by atoms with E-state index in [1.54, 1.807) is 32.3 Å². The highest BCUT2D eigenvalue weighted by Crippen LogP contribution is 2.31. The van der Waals surface area contributed by atoms with Crippen molar-refractivity contribution < 1.29 is 18.0 Å². The van der Waals surface area contributed by atoms with Crippen LogP contribution in [0.3, 0.4) is 0 Å². The van der Waals surface area contributed by atoms with E-state index in [4.69, 9.17) is 11.6 Å². The number of rotatable bonds is 5. The fraction of sp³-hybridized carbons (Fsp3) is 0.250. The average molecular weight is 399 g/mol. The van der Waals surface area contributed by atoms with Crippen molar-refractivity contribution in [1.82, 2.24) is 19.5 Å². The van der Waals surface area contributed by atoms with Gasteiger partial charge in [-0.25, -0.2) is 15.0 Å². The summed E-state index contributed by atoms with van der Waals surface area (Å²) in [4.78, 5) is 23.5. The van der Waals surface area contributed by atoms with Gasteiger partial charge in [0.2, 0.25) is 12.2 Å². The third kappa shape index (κ3) is 3.80. The molecule has 0 aliphatic rings. The first kappa shape index (κ1) is 18.9. The minimum absolute atomic E-state index is 0.0564. The molecule has 3 rings (SSSR count). The molecule has 0 radical (unpaired) electrons. The maximum absolute atomic E-state index is 13.2. The van der Waals surface area contributed by atoms with Gasteiger partial charge in [0.25, 0.3) is 0 Å². The van der Waals surface area contributed by atoms with E-state index in [1.807, 2.05) is 0 Å². The number of carbonyl (C=O) groups is 1. The van der Waals surface area contributed by atoms with E-state index < -0.39 is 12.0 Å². The zero-order valence-corrected chi connectivity index (χ0v) is 15.0. The molecule has 2 aromatic heterocycles. The highest BCUT2D eigenvalue weighted by molar-refractivity contribution is 6.33. The first-order valence-electron chi connectivity index (χ1n) is 7.66. The summed E-state index contributed by atoms with van der Waals surface area (Å²) >= 11 is 5.99. The van der Waals surface area contributed by atoms with Gasteiger partial charge in [0.15, 0.2) is 17.0 Å². The quantitative estimate of drug-likeness (QED) is 0.668. The highest BCUT2D eigenvalue weighted by atomic mass is 35.5. The largest absolute Gasteiger partial charge is 0.451 e. The van der Waals surface area contributed by atoms with Crippen LogP contribution in [0, 0.1) is 0 Å². The van der Waals surface area contributed by atoms with E-state index >= 15 is 0 Å². The molecule has 2 heterocycles. The number of alkyl halides is 3. The van der Waals surface area contributed by atoms with Crippen LogP contribution >= 0.6 is 11.6 Å². The Bertz CT molecular complexity index is 1000. The summed E-state index contributed by atoms with van der Waals surface area (Å²) in [6.45, 7) is 0.183. The highest BCUT2D eigenvalue weighted by Gasteiger charge is 2.36. The summed E-state index contributed by atoms with van der Waals surface area (Å²) in [6, 6.07) is 4.91. The topological polar surface area (TPSA) is 75.9 Å². The van der Waals surface area contributed by atoms with Crippen molar-refractivity contribution in [2.45, 2.75) is 12.7 Å². The molecule has 7 nitrogen and oxygen atoms in total. The van der Waals surface area contributed by atoms with Gasteiger partial charge in [0, 0.05) is 14.1 Å². The Hall–Kier alpha value is -2.88. The van der Waals surface area contributed by atoms with Crippen LogP contribution in [-0.2, 0) is 17.5 Å². The molecule has 0 aliphatic carbocycles. The average Bonchev–Trinajstić information content (AvgIpc) is 2.99. The summed E-state index contributed by atoms with van der Waals surface area (Å²) in [5.41, 5.74) is 1.41. The second-order valence-corrected chi connectivity index (χ2v) is 6.29. The number of carbonyl (C=O) groups excluding carboxylic acids is 1. The lowest BCUT2D eigenvalue weighted by Gasteiger charge is -2.14. The van der Waals surface area contributed by atoms with Crippen LogP contribution in [0.5, 0.6) is 0 Å². The van der Waals surface area contributed by atoms with E-state index in [0.29, 0.717) is 22.7 Å². The number of aromatic nitrogens is 4. The number of halogens is 4. The standard InChI is InChI=1S/C16H14ClF3N6O/c1-25(2)13-12-14(24-15(23-13)16(18,19)20)26(7-21-12)6-9-3-4-10(17)11(5-9)22-8-27/h3-5,7-8H,6H2,1-2H3,(H,22,27). The summed E-state index contributed by atoms with van der Waals surface area (Å²) in [7, 11) is 3.16. The van der Waals surface area contributed by atoms with Crippen LogP contribution in [0.4, 0.5) is 24.7 Å². The molecule has 1 aromatic carbocycles. The first-order chi connectivity index (χ1) is 12.7. The van der Waals surface area contributed by atoms with E-state index in [1.165, 1.54) is 15.8 Å². The maximum atomic E-state index is 13.2. The Morgan fingerprint density at radius 2 is 2.04 bits per heavy atom. The van der Waals surface area contributed by atoms with Gasteiger partial charge in [-0.2, -0.15) is 13.2 Å². The number of benzene rings is 1. The van der Waals surface area contributed by atoms with Crippen molar-refractivity contribution in [3.63, 3.8) is 0 Å². The maximum Gasteiger partial charge on any atom is 0.451 e. The van der Waals surface area contributed by atoms with Crippen molar-refractivity contribution in [3.8, 4) is 0 Å². The van der Waals surface area contributed by atoms with Crippen LogP contribution in [0.1, 0.15) is 11.4 Å². The Morgan fingerprint density at radius 3 is 2.67 bits per heavy atom. The third-order valence-corrected chi connectivity index (χ3v) is 4.05. The molecule has 27 heavy (non-hydrogen) atoms. The fourth-order valence-electron chi connectivity index (χ4n) is 2.53. The lowest BCUT2D eigenvalue weighted by atomic mass is 10.2. The summed E-state index contributed by atoms with van der Waals surface area (Å²) in [5.74, 6) is -1.16. The normalized spacial score (nSPS) is 11.6. The van der Waals surface area contributed by atoms with Crippen molar-refractivity contribution in [1.29, 1.82) is 0 Å². The van der Waals surface area contributed by atoms with E-state index in [-0.39, 0.29) is 23.5 Å². The number of fused-ring (bicyclic) bond motifs is 1. The predicted molar refractivity (Wildman–Crippen MR) is 94.9 cm³/mol. The zero-order valence-electron chi connectivity index (χ0n) is 14.3. The van der Waals surface area contributed by atoms with Gasteiger partial charge >= 0.3 is 6.18 Å². The molecule has 11 heteroatoms. The first-order valence-corrected chi connectivity index (χ1v) is 8.04. The number of imidazole rings is 1. The molecule has 0 unspecified atom stereocenters. The smallest absolute Gasteiger partial charge is 0.361 e. The number of hydrogen-bond donors (Lipinski definition) is 1. The predicted octanol–water partition coefficient (Wildman–Crippen LogP) is 3.18. The molecule has 0 atom stereocenters. The fourth-order valence-corrected chi connectivity index (χ4v) is 2.70. The molecule has 0 saturated carbocycles. The SMILES string of the molecule is CN(C)c1nc(C(F)(F)F)nc2c1ncn2Cc1ccc(Cl)c(NC=O)c1. The Labute approximate surface area is 156 Å². The van der Waals surface area contributed by atoms with Gasteiger partial charge < -0.3 is 14.8 Å². The molecule has 1 N–H and O–H groups in total. The number of anilines is 2. The van der Waals surface area contributed by atoms with Crippen molar-refractivity contribution in [2.24, 2.45) is 0 Å². The molecule has 1 amide bonds. The molecule has 0 spiro atoms. The Morgan fingerprint density at radius 1 is 1.30 bits per heavy atom. The molecule has 0 saturated heterocycles. The minimum Gasteiger partial charge on any atom is -0.361 e.